The predicted molar refractivity (Wildman–Crippen MR) is 112 cm³/mol. The second-order valence-electron chi connectivity index (χ2n) is 7.08. The van der Waals surface area contributed by atoms with Crippen LogP contribution in [0.15, 0.2) is 42.5 Å². The van der Waals surface area contributed by atoms with Crippen LogP contribution in [0.4, 0.5) is 0 Å². The Hall–Kier alpha value is -3.19. The summed E-state index contributed by atoms with van der Waals surface area (Å²) >= 11 is 0. The van der Waals surface area contributed by atoms with Crippen LogP contribution < -0.4 is 4.74 Å². The van der Waals surface area contributed by atoms with Gasteiger partial charge in [0.1, 0.15) is 5.75 Å². The normalized spacial score (nSPS) is 12.8. The molecule has 0 aromatic heterocycles. The van der Waals surface area contributed by atoms with Gasteiger partial charge in [0.25, 0.3) is 17.7 Å². The van der Waals surface area contributed by atoms with Crippen molar-refractivity contribution in [2.45, 2.75) is 19.9 Å². The Bertz CT molecular complexity index is 921. The molecule has 0 spiro atoms. The van der Waals surface area contributed by atoms with Crippen molar-refractivity contribution in [3.63, 3.8) is 0 Å². The minimum absolute atomic E-state index is 0.0897. The number of fused-ring (bicyclic) bond motifs is 1. The molecular weight excluding hydrogens is 384 g/mol. The van der Waals surface area contributed by atoms with Crippen LogP contribution in [0.1, 0.15) is 50.0 Å². The molecule has 7 heteroatoms. The van der Waals surface area contributed by atoms with Crippen molar-refractivity contribution in [1.82, 2.24) is 9.80 Å². The summed E-state index contributed by atoms with van der Waals surface area (Å²) in [5, 5.41) is 0. The quantitative estimate of drug-likeness (QED) is 0.469. The molecule has 0 bridgehead atoms. The van der Waals surface area contributed by atoms with Crippen LogP contribution in [0.3, 0.4) is 0 Å². The maximum absolute atomic E-state index is 13.0. The van der Waals surface area contributed by atoms with E-state index in [0.29, 0.717) is 47.8 Å². The number of carbonyl (C=O) groups is 3. The molecule has 0 N–H and O–H groups in total. The summed E-state index contributed by atoms with van der Waals surface area (Å²) in [5.41, 5.74) is 1.90. The highest BCUT2D eigenvalue weighted by molar-refractivity contribution is 6.21. The predicted octanol–water partition coefficient (Wildman–Crippen LogP) is 2.99. The van der Waals surface area contributed by atoms with Gasteiger partial charge in [-0.1, -0.05) is 18.2 Å². The molecule has 1 aliphatic rings. The zero-order valence-electron chi connectivity index (χ0n) is 17.5. The van der Waals surface area contributed by atoms with Crippen LogP contribution >= 0.6 is 0 Å². The highest BCUT2D eigenvalue weighted by Gasteiger charge is 2.35. The number of rotatable bonds is 9. The van der Waals surface area contributed by atoms with Crippen LogP contribution in [0.25, 0.3) is 0 Å². The van der Waals surface area contributed by atoms with E-state index in [1.54, 1.807) is 61.5 Å². The van der Waals surface area contributed by atoms with Crippen molar-refractivity contribution < 1.29 is 23.9 Å². The van der Waals surface area contributed by atoms with E-state index in [-0.39, 0.29) is 24.3 Å². The molecule has 158 valence electrons. The zero-order chi connectivity index (χ0) is 21.7. The molecule has 3 amide bonds. The summed E-state index contributed by atoms with van der Waals surface area (Å²) in [4.78, 5) is 41.1. The maximum Gasteiger partial charge on any atom is 0.261 e. The first-order valence-electron chi connectivity index (χ1n) is 9.93. The molecule has 0 fully saturated rings. The number of ether oxygens (including phenoxy) is 2. The minimum Gasteiger partial charge on any atom is -0.493 e. The summed E-state index contributed by atoms with van der Waals surface area (Å²) in [6.07, 6.45) is 0.720. The summed E-state index contributed by atoms with van der Waals surface area (Å²) in [6.45, 7) is 3.47. The Morgan fingerprint density at radius 2 is 1.73 bits per heavy atom. The van der Waals surface area contributed by atoms with Crippen LogP contribution in [0.5, 0.6) is 5.75 Å². The van der Waals surface area contributed by atoms with Crippen LogP contribution in [-0.4, -0.2) is 61.4 Å². The number of hydrogen-bond acceptors (Lipinski definition) is 5. The lowest BCUT2D eigenvalue weighted by molar-refractivity contribution is 0.0642. The first-order valence-corrected chi connectivity index (χ1v) is 9.93. The number of carbonyl (C=O) groups excluding carboxylic acids is 3. The lowest BCUT2D eigenvalue weighted by Gasteiger charge is -2.20. The third-order valence-electron chi connectivity index (χ3n) is 4.98. The maximum atomic E-state index is 13.0. The van der Waals surface area contributed by atoms with E-state index in [0.717, 1.165) is 6.42 Å². The SMILES string of the molecule is CCOc1ccc(CN2C(=O)c3ccccc3C2=O)cc1C(=O)N(C)CCCOC. The van der Waals surface area contributed by atoms with Gasteiger partial charge in [-0.3, -0.25) is 19.3 Å². The summed E-state index contributed by atoms with van der Waals surface area (Å²) in [5.74, 6) is -0.353. The van der Waals surface area contributed by atoms with Gasteiger partial charge in [0.05, 0.1) is 29.8 Å². The third-order valence-corrected chi connectivity index (χ3v) is 4.98. The van der Waals surface area contributed by atoms with E-state index in [2.05, 4.69) is 0 Å². The molecule has 0 saturated carbocycles. The standard InChI is InChI=1S/C23H26N2O5/c1-4-30-20-11-10-16(14-19(20)21(26)24(2)12-7-13-29-3)15-25-22(27)17-8-5-6-9-18(17)23(25)28/h5-6,8-11,14H,4,7,12-13,15H2,1-3H3. The van der Waals surface area contributed by atoms with E-state index in [4.69, 9.17) is 9.47 Å². The van der Waals surface area contributed by atoms with Gasteiger partial charge in [-0.25, -0.2) is 0 Å². The smallest absolute Gasteiger partial charge is 0.261 e. The second kappa shape index (κ2) is 9.54. The monoisotopic (exact) mass is 410 g/mol. The third kappa shape index (κ3) is 4.36. The van der Waals surface area contributed by atoms with Crippen molar-refractivity contribution in [3.05, 3.63) is 64.7 Å². The topological polar surface area (TPSA) is 76.2 Å². The van der Waals surface area contributed by atoms with E-state index >= 15 is 0 Å². The molecule has 2 aromatic carbocycles. The van der Waals surface area contributed by atoms with Gasteiger partial charge in [-0.2, -0.15) is 0 Å². The van der Waals surface area contributed by atoms with E-state index < -0.39 is 0 Å². The number of nitrogens with zero attached hydrogens (tertiary/aromatic N) is 2. The van der Waals surface area contributed by atoms with Crippen LogP contribution in [0.2, 0.25) is 0 Å². The van der Waals surface area contributed by atoms with Gasteiger partial charge in [0.15, 0.2) is 0 Å². The van der Waals surface area contributed by atoms with Crippen molar-refractivity contribution in [1.29, 1.82) is 0 Å². The number of amides is 3. The van der Waals surface area contributed by atoms with Crippen molar-refractivity contribution in [2.24, 2.45) is 0 Å². The molecule has 1 heterocycles. The lowest BCUT2D eigenvalue weighted by Crippen LogP contribution is -2.30. The first kappa shape index (κ1) is 21.5. The fraction of sp³-hybridized carbons (Fsp3) is 0.348. The first-order chi connectivity index (χ1) is 14.5. The molecule has 0 radical (unpaired) electrons. The van der Waals surface area contributed by atoms with Gasteiger partial charge in [-0.15, -0.1) is 0 Å². The molecule has 30 heavy (non-hydrogen) atoms. The van der Waals surface area contributed by atoms with Gasteiger partial charge < -0.3 is 14.4 Å². The Balaban J connectivity index is 1.83. The molecule has 0 atom stereocenters. The summed E-state index contributed by atoms with van der Waals surface area (Å²) in [6, 6.07) is 12.0. The number of benzene rings is 2. The second-order valence-corrected chi connectivity index (χ2v) is 7.08. The molecule has 0 saturated heterocycles. The molecule has 2 aromatic rings. The van der Waals surface area contributed by atoms with Crippen molar-refractivity contribution in [2.75, 3.05) is 33.9 Å². The Morgan fingerprint density at radius 1 is 1.07 bits per heavy atom. The van der Waals surface area contributed by atoms with Crippen molar-refractivity contribution in [3.8, 4) is 5.75 Å². The molecule has 0 unspecified atom stereocenters. The van der Waals surface area contributed by atoms with Crippen LogP contribution in [0, 0.1) is 0 Å². The van der Waals surface area contributed by atoms with Crippen LogP contribution in [-0.2, 0) is 11.3 Å². The summed E-state index contributed by atoms with van der Waals surface area (Å²) < 4.78 is 10.7. The fourth-order valence-electron chi connectivity index (χ4n) is 3.44. The van der Waals surface area contributed by atoms with Gasteiger partial charge >= 0.3 is 0 Å². The minimum atomic E-state index is -0.325. The fourth-order valence-corrected chi connectivity index (χ4v) is 3.44. The Labute approximate surface area is 176 Å². The lowest BCUT2D eigenvalue weighted by atomic mass is 10.1. The Kier molecular flexibility index (Phi) is 6.84. The van der Waals surface area contributed by atoms with Gasteiger partial charge in [0, 0.05) is 27.3 Å². The molecule has 7 nitrogen and oxygen atoms in total. The average molecular weight is 410 g/mol. The molecule has 3 rings (SSSR count). The number of hydrogen-bond donors (Lipinski definition) is 0. The van der Waals surface area contributed by atoms with Crippen molar-refractivity contribution >= 4 is 17.7 Å². The largest absolute Gasteiger partial charge is 0.493 e. The summed E-state index contributed by atoms with van der Waals surface area (Å²) in [7, 11) is 3.35. The van der Waals surface area contributed by atoms with E-state index in [1.165, 1.54) is 4.90 Å². The number of methoxy groups -OCH3 is 1. The molecule has 0 aliphatic carbocycles. The highest BCUT2D eigenvalue weighted by Crippen LogP contribution is 2.27. The number of imide groups is 1. The van der Waals surface area contributed by atoms with E-state index in [1.807, 2.05) is 6.92 Å². The molecular formula is C23H26N2O5. The zero-order valence-corrected chi connectivity index (χ0v) is 17.5. The highest BCUT2D eigenvalue weighted by atomic mass is 16.5. The molecule has 1 aliphatic heterocycles. The average Bonchev–Trinajstić information content (AvgIpc) is 2.99. The van der Waals surface area contributed by atoms with E-state index in [9.17, 15) is 14.4 Å². The van der Waals surface area contributed by atoms with Gasteiger partial charge in [-0.05, 0) is 43.2 Å². The Morgan fingerprint density at radius 3 is 2.33 bits per heavy atom. The van der Waals surface area contributed by atoms with Gasteiger partial charge in [0.2, 0.25) is 0 Å².